The summed E-state index contributed by atoms with van der Waals surface area (Å²) in [5.41, 5.74) is 0.144. The zero-order valence-electron chi connectivity index (χ0n) is 16.5. The highest BCUT2D eigenvalue weighted by Gasteiger charge is 2.43. The molecule has 2 aromatic carbocycles. The van der Waals surface area contributed by atoms with Gasteiger partial charge in [-0.25, -0.2) is 4.79 Å². The lowest BCUT2D eigenvalue weighted by atomic mass is 9.98. The fourth-order valence-electron chi connectivity index (χ4n) is 3.72. The first kappa shape index (κ1) is 18.5. The number of nitrogens with one attached hydrogen (secondary N) is 1. The molecular formula is C22H25N3O3. The molecule has 1 saturated heterocycles. The lowest BCUT2D eigenvalue weighted by molar-refractivity contribution is -0.115. The number of hydrogen-bond acceptors (Lipinski definition) is 4. The maximum atomic E-state index is 12.6. The molecule has 1 N–H and O–H groups in total. The van der Waals surface area contributed by atoms with E-state index in [1.165, 1.54) is 0 Å². The van der Waals surface area contributed by atoms with Crippen molar-refractivity contribution in [3.8, 4) is 0 Å². The molecule has 0 bridgehead atoms. The summed E-state index contributed by atoms with van der Waals surface area (Å²) in [6.45, 7) is 6.57. The van der Waals surface area contributed by atoms with E-state index in [9.17, 15) is 9.59 Å². The van der Waals surface area contributed by atoms with Gasteiger partial charge in [-0.15, -0.1) is 0 Å². The van der Waals surface area contributed by atoms with Crippen molar-refractivity contribution in [3.63, 3.8) is 0 Å². The van der Waals surface area contributed by atoms with Crippen LogP contribution in [0.1, 0.15) is 39.2 Å². The number of carbonyl (C=O) groups excluding carboxylic acids is 2. The summed E-state index contributed by atoms with van der Waals surface area (Å²) >= 11 is 0. The van der Waals surface area contributed by atoms with E-state index in [0.717, 1.165) is 16.3 Å². The number of likely N-dealkylation sites (tertiary alicyclic amines) is 1. The van der Waals surface area contributed by atoms with E-state index in [1.807, 2.05) is 63.2 Å². The van der Waals surface area contributed by atoms with Crippen LogP contribution in [0, 0.1) is 0 Å². The molecule has 2 heterocycles. The van der Waals surface area contributed by atoms with E-state index in [2.05, 4.69) is 5.32 Å². The summed E-state index contributed by atoms with van der Waals surface area (Å²) in [5, 5.41) is 5.26. The minimum absolute atomic E-state index is 0.152. The van der Waals surface area contributed by atoms with Gasteiger partial charge in [-0.05, 0) is 37.6 Å². The quantitative estimate of drug-likeness (QED) is 0.825. The fourth-order valence-corrected chi connectivity index (χ4v) is 3.72. The Morgan fingerprint density at radius 2 is 1.79 bits per heavy atom. The molecule has 0 aromatic heterocycles. The van der Waals surface area contributed by atoms with Crippen molar-refractivity contribution < 1.29 is 14.3 Å². The van der Waals surface area contributed by atoms with Crippen molar-refractivity contribution >= 4 is 28.5 Å². The Labute approximate surface area is 164 Å². The van der Waals surface area contributed by atoms with Crippen molar-refractivity contribution in [2.75, 3.05) is 13.1 Å². The molecular weight excluding hydrogens is 354 g/mol. The predicted octanol–water partition coefficient (Wildman–Crippen LogP) is 3.49. The first-order valence-electron chi connectivity index (χ1n) is 9.64. The van der Waals surface area contributed by atoms with E-state index in [4.69, 9.17) is 9.73 Å². The number of nitrogens with zero attached hydrogens (tertiary/aromatic N) is 2. The molecule has 0 radical (unpaired) electrons. The summed E-state index contributed by atoms with van der Waals surface area (Å²) in [4.78, 5) is 31.4. The molecule has 2 aliphatic rings. The van der Waals surface area contributed by atoms with Gasteiger partial charge in [-0.3, -0.25) is 9.79 Å². The summed E-state index contributed by atoms with van der Waals surface area (Å²) < 4.78 is 5.44. The van der Waals surface area contributed by atoms with E-state index in [-0.39, 0.29) is 12.0 Å². The number of benzene rings is 2. The second-order valence-electron chi connectivity index (χ2n) is 8.48. The highest BCUT2D eigenvalue weighted by atomic mass is 16.6. The van der Waals surface area contributed by atoms with Crippen molar-refractivity contribution in [1.82, 2.24) is 10.2 Å². The number of carbonyl (C=O) groups is 2. The van der Waals surface area contributed by atoms with Crippen LogP contribution in [0.5, 0.6) is 0 Å². The van der Waals surface area contributed by atoms with Gasteiger partial charge in [0.1, 0.15) is 17.0 Å². The van der Waals surface area contributed by atoms with Crippen molar-refractivity contribution in [3.05, 3.63) is 48.0 Å². The molecule has 2 aromatic rings. The van der Waals surface area contributed by atoms with Gasteiger partial charge in [0.05, 0.1) is 0 Å². The van der Waals surface area contributed by atoms with Crippen LogP contribution in [0.25, 0.3) is 10.8 Å². The average Bonchev–Trinajstić information content (AvgIpc) is 2.96. The molecule has 0 saturated carbocycles. The molecule has 1 fully saturated rings. The van der Waals surface area contributed by atoms with Crippen LogP contribution in [0.2, 0.25) is 0 Å². The fraction of sp³-hybridized carbons (Fsp3) is 0.409. The molecule has 2 amide bonds. The van der Waals surface area contributed by atoms with Crippen molar-refractivity contribution in [2.24, 2.45) is 4.99 Å². The Morgan fingerprint density at radius 3 is 2.46 bits per heavy atom. The minimum atomic E-state index is -0.628. The molecule has 28 heavy (non-hydrogen) atoms. The molecule has 0 aliphatic carbocycles. The molecule has 1 spiro atoms. The predicted molar refractivity (Wildman–Crippen MR) is 108 cm³/mol. The highest BCUT2D eigenvalue weighted by molar-refractivity contribution is 6.47. The zero-order valence-corrected chi connectivity index (χ0v) is 16.5. The molecule has 146 valence electrons. The number of fused-ring (bicyclic) bond motifs is 1. The van der Waals surface area contributed by atoms with Crippen LogP contribution < -0.4 is 5.32 Å². The smallest absolute Gasteiger partial charge is 0.410 e. The number of rotatable bonds is 1. The first-order valence-corrected chi connectivity index (χ1v) is 9.64. The first-order chi connectivity index (χ1) is 13.2. The standard InChI is InChI=1S/C22H25N3O3/c1-21(2,3)28-20(27)25-12-10-22(11-13-25)23-18(19(26)24-22)17-9-8-15-6-4-5-7-16(15)14-17/h4-9,14H,10-13H2,1-3H3,(H,24,26). The third-order valence-corrected chi connectivity index (χ3v) is 5.15. The van der Waals surface area contributed by atoms with Crippen LogP contribution >= 0.6 is 0 Å². The van der Waals surface area contributed by atoms with Gasteiger partial charge in [0, 0.05) is 31.5 Å². The summed E-state index contributed by atoms with van der Waals surface area (Å²) in [7, 11) is 0. The Morgan fingerprint density at radius 1 is 1.11 bits per heavy atom. The van der Waals surface area contributed by atoms with Crippen molar-refractivity contribution in [2.45, 2.75) is 44.9 Å². The van der Waals surface area contributed by atoms with E-state index < -0.39 is 11.3 Å². The number of ether oxygens (including phenoxy) is 1. The number of hydrogen-bond donors (Lipinski definition) is 1. The van der Waals surface area contributed by atoms with Gasteiger partial charge < -0.3 is 15.0 Å². The van der Waals surface area contributed by atoms with E-state index >= 15 is 0 Å². The molecule has 0 unspecified atom stereocenters. The summed E-state index contributed by atoms with van der Waals surface area (Å²) in [5.74, 6) is -0.152. The minimum Gasteiger partial charge on any atom is -0.444 e. The molecule has 4 rings (SSSR count). The largest absolute Gasteiger partial charge is 0.444 e. The normalized spacial score (nSPS) is 18.9. The van der Waals surface area contributed by atoms with Gasteiger partial charge in [0.15, 0.2) is 0 Å². The Hall–Kier alpha value is -2.89. The lowest BCUT2D eigenvalue weighted by Gasteiger charge is -2.37. The monoisotopic (exact) mass is 379 g/mol. The maximum absolute atomic E-state index is 12.6. The number of amides is 2. The van der Waals surface area contributed by atoms with Gasteiger partial charge in [0.25, 0.3) is 5.91 Å². The topological polar surface area (TPSA) is 71.0 Å². The van der Waals surface area contributed by atoms with Crippen LogP contribution in [-0.4, -0.2) is 47.0 Å². The SMILES string of the molecule is CC(C)(C)OC(=O)N1CCC2(CC1)N=C(c1ccc3ccccc3c1)C(=O)N2. The van der Waals surface area contributed by atoms with Crippen molar-refractivity contribution in [1.29, 1.82) is 0 Å². The average molecular weight is 379 g/mol. The van der Waals surface area contributed by atoms with Gasteiger partial charge >= 0.3 is 6.09 Å². The lowest BCUT2D eigenvalue weighted by Crippen LogP contribution is -2.53. The molecule has 2 aliphatic heterocycles. The van der Waals surface area contributed by atoms with E-state index in [0.29, 0.717) is 31.6 Å². The van der Waals surface area contributed by atoms with Gasteiger partial charge in [-0.2, -0.15) is 0 Å². The molecule has 0 atom stereocenters. The maximum Gasteiger partial charge on any atom is 0.410 e. The highest BCUT2D eigenvalue weighted by Crippen LogP contribution is 2.30. The number of aliphatic imine (C=N–C) groups is 1. The van der Waals surface area contributed by atoms with Crippen LogP contribution in [0.15, 0.2) is 47.5 Å². The summed E-state index contributed by atoms with van der Waals surface area (Å²) in [6.07, 6.45) is 0.842. The van der Waals surface area contributed by atoms with Gasteiger partial charge in [-0.1, -0.05) is 36.4 Å². The van der Waals surface area contributed by atoms with Crippen LogP contribution in [0.4, 0.5) is 4.79 Å². The van der Waals surface area contributed by atoms with Crippen LogP contribution in [0.3, 0.4) is 0 Å². The number of piperidine rings is 1. The Kier molecular flexibility index (Phi) is 4.37. The third-order valence-electron chi connectivity index (χ3n) is 5.15. The third kappa shape index (κ3) is 3.59. The molecule has 6 nitrogen and oxygen atoms in total. The second-order valence-corrected chi connectivity index (χ2v) is 8.48. The Balaban J connectivity index is 1.52. The van der Waals surface area contributed by atoms with Gasteiger partial charge in [0.2, 0.25) is 0 Å². The zero-order chi connectivity index (χ0) is 19.9. The Bertz CT molecular complexity index is 966. The van der Waals surface area contributed by atoms with E-state index in [1.54, 1.807) is 4.90 Å². The summed E-state index contributed by atoms with van der Waals surface area (Å²) in [6, 6.07) is 14.0. The molecule has 6 heteroatoms. The second kappa shape index (κ2) is 6.62. The van der Waals surface area contributed by atoms with Crippen LogP contribution in [-0.2, 0) is 9.53 Å².